The summed E-state index contributed by atoms with van der Waals surface area (Å²) in [6, 6.07) is 3.94. The number of pyridine rings is 1. The molecule has 0 N–H and O–H groups in total. The Hall–Kier alpha value is -1.84. The van der Waals surface area contributed by atoms with E-state index in [1.54, 1.807) is 4.52 Å². The molecule has 2 heterocycles. The largest absolute Gasteiger partial charge is 0.465 e. The maximum atomic E-state index is 11.4. The second-order valence-electron chi connectivity index (χ2n) is 3.27. The number of rotatable bonds is 2. The number of hydrogen-bond acceptors (Lipinski definition) is 3. The summed E-state index contributed by atoms with van der Waals surface area (Å²) in [6.07, 6.45) is 4.31. The van der Waals surface area contributed by atoms with Crippen molar-refractivity contribution >= 4 is 11.5 Å². The zero-order valence-electron chi connectivity index (χ0n) is 8.73. The standard InChI is InChI=1S/C11H12N2O2/c1-3-8-4-5-13-10(6-8)9(7-12-13)11(14)15-2/h4-7H,3H2,1-2H3. The predicted octanol–water partition coefficient (Wildman–Crippen LogP) is 1.68. The fourth-order valence-corrected chi connectivity index (χ4v) is 1.51. The van der Waals surface area contributed by atoms with Crippen molar-refractivity contribution in [2.45, 2.75) is 13.3 Å². The van der Waals surface area contributed by atoms with Gasteiger partial charge in [-0.1, -0.05) is 6.92 Å². The molecule has 0 bridgehead atoms. The fraction of sp³-hybridized carbons (Fsp3) is 0.273. The highest BCUT2D eigenvalue weighted by Gasteiger charge is 2.12. The molecule has 0 aliphatic rings. The van der Waals surface area contributed by atoms with Crippen molar-refractivity contribution in [2.24, 2.45) is 0 Å². The van der Waals surface area contributed by atoms with Gasteiger partial charge in [0.2, 0.25) is 0 Å². The molecule has 0 aromatic carbocycles. The maximum absolute atomic E-state index is 11.4. The van der Waals surface area contributed by atoms with E-state index in [0.717, 1.165) is 11.9 Å². The highest BCUT2D eigenvalue weighted by molar-refractivity contribution is 5.96. The Balaban J connectivity index is 2.61. The third kappa shape index (κ3) is 1.58. The van der Waals surface area contributed by atoms with Gasteiger partial charge < -0.3 is 4.74 Å². The maximum Gasteiger partial charge on any atom is 0.341 e. The molecule has 2 rings (SSSR count). The number of ether oxygens (including phenoxy) is 1. The van der Waals surface area contributed by atoms with E-state index >= 15 is 0 Å². The first kappa shape index (κ1) is 9.71. The van der Waals surface area contributed by atoms with Crippen LogP contribution in [0.5, 0.6) is 0 Å². The van der Waals surface area contributed by atoms with Gasteiger partial charge in [0.1, 0.15) is 5.56 Å². The van der Waals surface area contributed by atoms with E-state index in [1.165, 1.54) is 18.9 Å². The Morgan fingerprint density at radius 2 is 2.40 bits per heavy atom. The van der Waals surface area contributed by atoms with Crippen LogP contribution in [0.2, 0.25) is 0 Å². The van der Waals surface area contributed by atoms with Crippen LogP contribution in [-0.2, 0) is 11.2 Å². The number of methoxy groups -OCH3 is 1. The van der Waals surface area contributed by atoms with E-state index in [-0.39, 0.29) is 5.97 Å². The second kappa shape index (κ2) is 3.73. The highest BCUT2D eigenvalue weighted by Crippen LogP contribution is 2.13. The summed E-state index contributed by atoms with van der Waals surface area (Å²) in [5.41, 5.74) is 2.47. The lowest BCUT2D eigenvalue weighted by Crippen LogP contribution is -2.00. The lowest BCUT2D eigenvalue weighted by atomic mass is 10.1. The molecule has 0 radical (unpaired) electrons. The highest BCUT2D eigenvalue weighted by atomic mass is 16.5. The van der Waals surface area contributed by atoms with Gasteiger partial charge in [-0.15, -0.1) is 0 Å². The predicted molar refractivity (Wildman–Crippen MR) is 55.9 cm³/mol. The molecule has 2 aromatic rings. The van der Waals surface area contributed by atoms with Gasteiger partial charge in [-0.3, -0.25) is 0 Å². The van der Waals surface area contributed by atoms with Crippen molar-refractivity contribution in [1.29, 1.82) is 0 Å². The van der Waals surface area contributed by atoms with Gasteiger partial charge in [-0.2, -0.15) is 5.10 Å². The quantitative estimate of drug-likeness (QED) is 0.699. The van der Waals surface area contributed by atoms with Crippen molar-refractivity contribution in [3.05, 3.63) is 35.7 Å². The van der Waals surface area contributed by atoms with Crippen LogP contribution < -0.4 is 0 Å². The number of aromatic nitrogens is 2. The summed E-state index contributed by atoms with van der Waals surface area (Å²) in [7, 11) is 1.37. The van der Waals surface area contributed by atoms with E-state index in [0.29, 0.717) is 5.56 Å². The number of carbonyl (C=O) groups is 1. The molecule has 0 aliphatic carbocycles. The molecule has 0 atom stereocenters. The zero-order chi connectivity index (χ0) is 10.8. The van der Waals surface area contributed by atoms with E-state index in [4.69, 9.17) is 0 Å². The van der Waals surface area contributed by atoms with Crippen LogP contribution in [0.25, 0.3) is 5.52 Å². The number of fused-ring (bicyclic) bond motifs is 1. The first-order valence-electron chi connectivity index (χ1n) is 4.81. The van der Waals surface area contributed by atoms with Crippen molar-refractivity contribution in [2.75, 3.05) is 7.11 Å². The van der Waals surface area contributed by atoms with Gasteiger partial charge >= 0.3 is 5.97 Å². The minimum Gasteiger partial charge on any atom is -0.465 e. The molecule has 2 aromatic heterocycles. The molecule has 4 heteroatoms. The first-order valence-corrected chi connectivity index (χ1v) is 4.81. The lowest BCUT2D eigenvalue weighted by molar-refractivity contribution is 0.0603. The summed E-state index contributed by atoms with van der Waals surface area (Å²) in [5.74, 6) is -0.349. The molecule has 78 valence electrons. The second-order valence-corrected chi connectivity index (χ2v) is 3.27. The van der Waals surface area contributed by atoms with Gasteiger partial charge in [0.05, 0.1) is 18.8 Å². The molecular weight excluding hydrogens is 192 g/mol. The molecule has 0 amide bonds. The molecule has 0 fully saturated rings. The zero-order valence-corrected chi connectivity index (χ0v) is 8.73. The summed E-state index contributed by atoms with van der Waals surface area (Å²) in [6.45, 7) is 2.07. The van der Waals surface area contributed by atoms with Crippen molar-refractivity contribution in [3.63, 3.8) is 0 Å². The van der Waals surface area contributed by atoms with Gasteiger partial charge in [0.15, 0.2) is 0 Å². The van der Waals surface area contributed by atoms with Crippen LogP contribution >= 0.6 is 0 Å². The minimum atomic E-state index is -0.349. The summed E-state index contributed by atoms with van der Waals surface area (Å²) >= 11 is 0. The first-order chi connectivity index (χ1) is 7.26. The van der Waals surface area contributed by atoms with Crippen molar-refractivity contribution in [1.82, 2.24) is 9.61 Å². The smallest absolute Gasteiger partial charge is 0.341 e. The molecule has 15 heavy (non-hydrogen) atoms. The Morgan fingerprint density at radius 1 is 1.60 bits per heavy atom. The number of carbonyl (C=O) groups excluding carboxylic acids is 1. The average Bonchev–Trinajstić information content (AvgIpc) is 2.70. The SMILES string of the molecule is CCc1ccn2ncc(C(=O)OC)c2c1. The molecular formula is C11H12N2O2. The Labute approximate surface area is 87.5 Å². The van der Waals surface area contributed by atoms with E-state index in [9.17, 15) is 4.79 Å². The van der Waals surface area contributed by atoms with Crippen LogP contribution in [0.1, 0.15) is 22.8 Å². The number of esters is 1. The Kier molecular flexibility index (Phi) is 2.41. The topological polar surface area (TPSA) is 43.6 Å². The van der Waals surface area contributed by atoms with Crippen molar-refractivity contribution in [3.8, 4) is 0 Å². The summed E-state index contributed by atoms with van der Waals surface area (Å²) in [5, 5.41) is 4.08. The molecule has 0 saturated heterocycles. The van der Waals surface area contributed by atoms with Gasteiger partial charge in [0, 0.05) is 6.20 Å². The minimum absolute atomic E-state index is 0.349. The van der Waals surface area contributed by atoms with Crippen LogP contribution in [0.15, 0.2) is 24.5 Å². The number of hydrogen-bond donors (Lipinski definition) is 0. The monoisotopic (exact) mass is 204 g/mol. The molecule has 0 unspecified atom stereocenters. The molecule has 0 spiro atoms. The van der Waals surface area contributed by atoms with E-state index in [1.807, 2.05) is 18.3 Å². The van der Waals surface area contributed by atoms with Gasteiger partial charge in [-0.05, 0) is 24.1 Å². The van der Waals surface area contributed by atoms with Gasteiger partial charge in [-0.25, -0.2) is 9.31 Å². The number of nitrogens with zero attached hydrogens (tertiary/aromatic N) is 2. The number of aryl methyl sites for hydroxylation is 1. The molecule has 4 nitrogen and oxygen atoms in total. The normalized spacial score (nSPS) is 10.5. The summed E-state index contributed by atoms with van der Waals surface area (Å²) in [4.78, 5) is 11.4. The van der Waals surface area contributed by atoms with Crippen LogP contribution in [-0.4, -0.2) is 22.7 Å². The average molecular weight is 204 g/mol. The third-order valence-electron chi connectivity index (χ3n) is 2.40. The van der Waals surface area contributed by atoms with Gasteiger partial charge in [0.25, 0.3) is 0 Å². The van der Waals surface area contributed by atoms with E-state index < -0.39 is 0 Å². The third-order valence-corrected chi connectivity index (χ3v) is 2.40. The Bertz CT molecular complexity index is 502. The van der Waals surface area contributed by atoms with Crippen LogP contribution in [0, 0.1) is 0 Å². The van der Waals surface area contributed by atoms with E-state index in [2.05, 4.69) is 16.8 Å². The Morgan fingerprint density at radius 3 is 3.07 bits per heavy atom. The van der Waals surface area contributed by atoms with Crippen molar-refractivity contribution < 1.29 is 9.53 Å². The fourth-order valence-electron chi connectivity index (χ4n) is 1.51. The van der Waals surface area contributed by atoms with Crippen LogP contribution in [0.3, 0.4) is 0 Å². The molecule has 0 saturated carbocycles. The molecule has 0 aliphatic heterocycles. The summed E-state index contributed by atoms with van der Waals surface area (Å²) < 4.78 is 6.36. The van der Waals surface area contributed by atoms with Crippen LogP contribution in [0.4, 0.5) is 0 Å². The lowest BCUT2D eigenvalue weighted by Gasteiger charge is -1.99.